The Morgan fingerprint density at radius 1 is 1.53 bits per heavy atom. The lowest BCUT2D eigenvalue weighted by Gasteiger charge is -2.22. The number of sulfonamides is 1. The summed E-state index contributed by atoms with van der Waals surface area (Å²) in [4.78, 5) is -0.0144. The second kappa shape index (κ2) is 5.06. The normalized spacial score (nSPS) is 18.6. The van der Waals surface area contributed by atoms with Crippen LogP contribution >= 0.6 is 27.5 Å². The van der Waals surface area contributed by atoms with Gasteiger partial charge in [-0.15, -0.1) is 0 Å². The molecule has 0 amide bonds. The van der Waals surface area contributed by atoms with Crippen LogP contribution in [0, 0.1) is 17.2 Å². The van der Waals surface area contributed by atoms with E-state index in [-0.39, 0.29) is 15.8 Å². The fourth-order valence-corrected chi connectivity index (χ4v) is 4.31. The monoisotopic (exact) mass is 362 g/mol. The van der Waals surface area contributed by atoms with Gasteiger partial charge in [-0.2, -0.15) is 9.98 Å². The van der Waals surface area contributed by atoms with Gasteiger partial charge >= 0.3 is 0 Å². The molecule has 1 atom stereocenters. The van der Waals surface area contributed by atoms with E-state index in [1.54, 1.807) is 13.0 Å². The van der Waals surface area contributed by atoms with Crippen molar-refractivity contribution < 1.29 is 8.42 Å². The van der Waals surface area contributed by atoms with Gasteiger partial charge in [-0.3, -0.25) is 0 Å². The number of nitrogens with one attached hydrogen (secondary N) is 1. The van der Waals surface area contributed by atoms with Gasteiger partial charge in [0.05, 0.1) is 11.1 Å². The molecular formula is C12H12BrClN2O2S. The van der Waals surface area contributed by atoms with Gasteiger partial charge in [0.1, 0.15) is 10.4 Å². The topological polar surface area (TPSA) is 70.0 Å². The number of rotatable bonds is 4. The Labute approximate surface area is 125 Å². The fourth-order valence-electron chi connectivity index (χ4n) is 1.89. The highest BCUT2D eigenvalue weighted by molar-refractivity contribution is 9.10. The predicted molar refractivity (Wildman–Crippen MR) is 76.2 cm³/mol. The maximum atomic E-state index is 12.3. The first-order valence-electron chi connectivity index (χ1n) is 5.69. The van der Waals surface area contributed by atoms with Crippen LogP contribution in [0.4, 0.5) is 0 Å². The Morgan fingerprint density at radius 2 is 2.16 bits per heavy atom. The molecule has 1 saturated carbocycles. The molecule has 0 unspecified atom stereocenters. The Kier molecular flexibility index (Phi) is 3.94. The molecule has 0 spiro atoms. The van der Waals surface area contributed by atoms with Crippen molar-refractivity contribution in [1.29, 1.82) is 5.26 Å². The van der Waals surface area contributed by atoms with E-state index < -0.39 is 15.6 Å². The van der Waals surface area contributed by atoms with E-state index in [0.29, 0.717) is 4.47 Å². The summed E-state index contributed by atoms with van der Waals surface area (Å²) in [5, 5.41) is 9.33. The van der Waals surface area contributed by atoms with E-state index in [1.165, 1.54) is 12.1 Å². The van der Waals surface area contributed by atoms with Gasteiger partial charge in [-0.25, -0.2) is 8.42 Å². The first-order valence-corrected chi connectivity index (χ1v) is 8.34. The van der Waals surface area contributed by atoms with Gasteiger partial charge in [0.25, 0.3) is 0 Å². The predicted octanol–water partition coefficient (Wildman–Crippen LogP) is 3.07. The van der Waals surface area contributed by atoms with Crippen LogP contribution in [0.2, 0.25) is 5.02 Å². The summed E-state index contributed by atoms with van der Waals surface area (Å²) in [6, 6.07) is 6.58. The third-order valence-corrected chi connectivity index (χ3v) is 5.70. The van der Waals surface area contributed by atoms with Gasteiger partial charge in [-0.05, 0) is 43.9 Å². The highest BCUT2D eigenvalue weighted by Crippen LogP contribution is 2.40. The maximum absolute atomic E-state index is 12.3. The molecule has 1 aromatic rings. The van der Waals surface area contributed by atoms with Crippen molar-refractivity contribution >= 4 is 37.6 Å². The standard InChI is InChI=1S/C12H12BrClN2O2S/c1-12(7-15,8-2-3-8)16-19(17,18)11-5-4-9(13)6-10(11)14/h4-6,8,16H,2-3H2,1H3/t12-/m1/s1. The molecule has 1 aromatic carbocycles. The van der Waals surface area contributed by atoms with E-state index in [1.807, 2.05) is 0 Å². The Bertz CT molecular complexity index is 652. The molecule has 1 aliphatic rings. The van der Waals surface area contributed by atoms with E-state index in [9.17, 15) is 13.7 Å². The Morgan fingerprint density at radius 3 is 2.63 bits per heavy atom. The van der Waals surface area contributed by atoms with Crippen molar-refractivity contribution in [2.24, 2.45) is 5.92 Å². The SMILES string of the molecule is C[C@](C#N)(NS(=O)(=O)c1ccc(Br)cc1Cl)C1CC1. The van der Waals surface area contributed by atoms with Crippen LogP contribution in [0.3, 0.4) is 0 Å². The highest BCUT2D eigenvalue weighted by atomic mass is 79.9. The van der Waals surface area contributed by atoms with Crippen molar-refractivity contribution in [3.63, 3.8) is 0 Å². The summed E-state index contributed by atoms with van der Waals surface area (Å²) in [5.74, 6) is 0.0708. The number of halogens is 2. The molecule has 0 radical (unpaired) electrons. The van der Waals surface area contributed by atoms with Gasteiger partial charge in [0.15, 0.2) is 0 Å². The van der Waals surface area contributed by atoms with Crippen LogP contribution in [-0.4, -0.2) is 14.0 Å². The summed E-state index contributed by atoms with van der Waals surface area (Å²) in [6.45, 7) is 1.61. The molecule has 2 rings (SSSR count). The molecule has 1 aliphatic carbocycles. The second-order valence-electron chi connectivity index (χ2n) is 4.77. The van der Waals surface area contributed by atoms with Crippen LogP contribution < -0.4 is 4.72 Å². The van der Waals surface area contributed by atoms with Gasteiger partial charge in [0, 0.05) is 4.47 Å². The van der Waals surface area contributed by atoms with Gasteiger partial charge in [-0.1, -0.05) is 27.5 Å². The molecule has 0 saturated heterocycles. The summed E-state index contributed by atoms with van der Waals surface area (Å²) in [7, 11) is -3.81. The largest absolute Gasteiger partial charge is 0.243 e. The van der Waals surface area contributed by atoms with Crippen molar-refractivity contribution in [3.05, 3.63) is 27.7 Å². The number of hydrogen-bond donors (Lipinski definition) is 1. The van der Waals surface area contributed by atoms with E-state index in [2.05, 4.69) is 26.7 Å². The Hall–Kier alpha value is -0.610. The summed E-state index contributed by atoms with van der Waals surface area (Å²) in [6.07, 6.45) is 1.72. The maximum Gasteiger partial charge on any atom is 0.243 e. The van der Waals surface area contributed by atoms with Crippen molar-refractivity contribution in [2.75, 3.05) is 0 Å². The second-order valence-corrected chi connectivity index (χ2v) is 7.74. The third kappa shape index (κ3) is 3.11. The number of benzene rings is 1. The minimum Gasteiger partial charge on any atom is -0.207 e. The average molecular weight is 364 g/mol. The fraction of sp³-hybridized carbons (Fsp3) is 0.417. The molecule has 102 valence electrons. The zero-order valence-electron chi connectivity index (χ0n) is 10.2. The van der Waals surface area contributed by atoms with Crippen LogP contribution in [0.25, 0.3) is 0 Å². The zero-order valence-corrected chi connectivity index (χ0v) is 13.3. The first kappa shape index (κ1) is 14.8. The Balaban J connectivity index is 2.35. The minimum absolute atomic E-state index is 0.0144. The quantitative estimate of drug-likeness (QED) is 0.893. The molecule has 1 fully saturated rings. The van der Waals surface area contributed by atoms with Gasteiger partial charge in [0.2, 0.25) is 10.0 Å². The molecule has 7 heteroatoms. The molecule has 0 bridgehead atoms. The molecule has 19 heavy (non-hydrogen) atoms. The number of hydrogen-bond acceptors (Lipinski definition) is 3. The molecule has 0 aromatic heterocycles. The highest BCUT2D eigenvalue weighted by Gasteiger charge is 2.45. The lowest BCUT2D eigenvalue weighted by atomic mass is 10.0. The summed E-state index contributed by atoms with van der Waals surface area (Å²) >= 11 is 9.17. The van der Waals surface area contributed by atoms with Crippen molar-refractivity contribution in [2.45, 2.75) is 30.2 Å². The molecule has 4 nitrogen and oxygen atoms in total. The van der Waals surface area contributed by atoms with Crippen LogP contribution in [0.5, 0.6) is 0 Å². The lowest BCUT2D eigenvalue weighted by molar-refractivity contribution is 0.458. The summed E-state index contributed by atoms with van der Waals surface area (Å²) < 4.78 is 27.8. The van der Waals surface area contributed by atoms with E-state index in [4.69, 9.17) is 11.6 Å². The molecule has 0 heterocycles. The minimum atomic E-state index is -3.81. The zero-order chi connectivity index (χ0) is 14.3. The number of nitrogens with zero attached hydrogens (tertiary/aromatic N) is 1. The lowest BCUT2D eigenvalue weighted by Crippen LogP contribution is -2.46. The molecular weight excluding hydrogens is 352 g/mol. The third-order valence-electron chi connectivity index (χ3n) is 3.16. The molecule has 0 aliphatic heterocycles. The average Bonchev–Trinajstić information content (AvgIpc) is 3.11. The van der Waals surface area contributed by atoms with Crippen molar-refractivity contribution in [1.82, 2.24) is 4.72 Å². The smallest absolute Gasteiger partial charge is 0.207 e. The first-order chi connectivity index (χ1) is 8.78. The number of nitriles is 1. The van der Waals surface area contributed by atoms with E-state index >= 15 is 0 Å². The van der Waals surface area contributed by atoms with Crippen LogP contribution in [-0.2, 0) is 10.0 Å². The molecule has 1 N–H and O–H groups in total. The van der Waals surface area contributed by atoms with Crippen LogP contribution in [0.15, 0.2) is 27.6 Å². The van der Waals surface area contributed by atoms with E-state index in [0.717, 1.165) is 12.8 Å². The van der Waals surface area contributed by atoms with Crippen molar-refractivity contribution in [3.8, 4) is 6.07 Å². The van der Waals surface area contributed by atoms with Crippen LogP contribution in [0.1, 0.15) is 19.8 Å². The summed E-state index contributed by atoms with van der Waals surface area (Å²) in [5.41, 5.74) is -1.07. The van der Waals surface area contributed by atoms with Gasteiger partial charge < -0.3 is 0 Å².